The van der Waals surface area contributed by atoms with E-state index in [9.17, 15) is 0 Å². The van der Waals surface area contributed by atoms with E-state index in [1.807, 2.05) is 6.20 Å². The van der Waals surface area contributed by atoms with E-state index in [4.69, 9.17) is 0 Å². The third kappa shape index (κ3) is 3.56. The lowest BCUT2D eigenvalue weighted by Crippen LogP contribution is -2.14. The van der Waals surface area contributed by atoms with Gasteiger partial charge in [-0.3, -0.25) is 5.43 Å². The van der Waals surface area contributed by atoms with Gasteiger partial charge in [0, 0.05) is 12.9 Å². The van der Waals surface area contributed by atoms with E-state index in [2.05, 4.69) is 44.9 Å². The van der Waals surface area contributed by atoms with Crippen LogP contribution in [0, 0.1) is 5.41 Å². The van der Waals surface area contributed by atoms with Crippen molar-refractivity contribution in [2.45, 2.75) is 40.5 Å². The molecule has 2 nitrogen and oxygen atoms in total. The molecule has 2 heteroatoms. The van der Waals surface area contributed by atoms with Gasteiger partial charge in [-0.05, 0) is 18.8 Å². The van der Waals surface area contributed by atoms with Crippen molar-refractivity contribution in [3.63, 3.8) is 0 Å². The van der Waals surface area contributed by atoms with Crippen molar-refractivity contribution < 1.29 is 0 Å². The minimum atomic E-state index is 0.270. The van der Waals surface area contributed by atoms with Gasteiger partial charge >= 0.3 is 0 Å². The Balaban J connectivity index is 4.21. The molecule has 0 unspecified atom stereocenters. The maximum atomic E-state index is 3.57. The summed E-state index contributed by atoms with van der Waals surface area (Å²) in [6, 6.07) is 0. The Labute approximate surface area is 75.7 Å². The van der Waals surface area contributed by atoms with Crippen LogP contribution in [0.1, 0.15) is 40.5 Å². The number of rotatable bonds is 5. The van der Waals surface area contributed by atoms with Gasteiger partial charge < -0.3 is 0 Å². The lowest BCUT2D eigenvalue weighted by Gasteiger charge is -2.24. The van der Waals surface area contributed by atoms with Crippen molar-refractivity contribution in [3.8, 4) is 0 Å². The molecule has 0 amide bonds. The Morgan fingerprint density at radius 2 is 2.17 bits per heavy atom. The second-order valence-corrected chi connectivity index (χ2v) is 3.75. The Bertz CT molecular complexity index is 169. The van der Waals surface area contributed by atoms with E-state index in [1.165, 1.54) is 18.4 Å². The fourth-order valence-electron chi connectivity index (χ4n) is 1.16. The predicted molar refractivity (Wildman–Crippen MR) is 55.1 cm³/mol. The molecule has 0 aliphatic rings. The first-order valence-corrected chi connectivity index (χ1v) is 4.43. The molecular formula is C10H20N2. The Kier molecular flexibility index (Phi) is 4.64. The maximum Gasteiger partial charge on any atom is 0.0194 e. The highest BCUT2D eigenvalue weighted by Crippen LogP contribution is 2.30. The minimum Gasteiger partial charge on any atom is -0.286 e. The molecule has 70 valence electrons. The molecular weight excluding hydrogens is 148 g/mol. The monoisotopic (exact) mass is 168 g/mol. The smallest absolute Gasteiger partial charge is 0.0194 e. The average Bonchev–Trinajstić information content (AvgIpc) is 2.00. The number of hydrogen-bond donors (Lipinski definition) is 1. The van der Waals surface area contributed by atoms with E-state index >= 15 is 0 Å². The van der Waals surface area contributed by atoms with E-state index in [0.29, 0.717) is 0 Å². The van der Waals surface area contributed by atoms with Crippen LogP contribution in [0.5, 0.6) is 0 Å². The van der Waals surface area contributed by atoms with Crippen molar-refractivity contribution in [1.29, 1.82) is 0 Å². The highest BCUT2D eigenvalue weighted by Gasteiger charge is 2.18. The van der Waals surface area contributed by atoms with Gasteiger partial charge in [0.05, 0.1) is 0 Å². The van der Waals surface area contributed by atoms with Crippen LogP contribution in [0.25, 0.3) is 0 Å². The van der Waals surface area contributed by atoms with Crippen molar-refractivity contribution in [1.82, 2.24) is 5.43 Å². The summed E-state index contributed by atoms with van der Waals surface area (Å²) in [5.41, 5.74) is 4.35. The molecule has 12 heavy (non-hydrogen) atoms. The van der Waals surface area contributed by atoms with E-state index in [1.54, 1.807) is 0 Å². The summed E-state index contributed by atoms with van der Waals surface area (Å²) in [4.78, 5) is 0. The molecule has 0 aromatic rings. The number of allylic oxidation sites excluding steroid dienone is 1. The Hall–Kier alpha value is -0.790. The maximum absolute atomic E-state index is 3.57. The lowest BCUT2D eigenvalue weighted by atomic mass is 9.81. The molecule has 0 rings (SSSR count). The predicted octanol–water partition coefficient (Wildman–Crippen LogP) is 2.92. The zero-order valence-electron chi connectivity index (χ0n) is 8.65. The van der Waals surface area contributed by atoms with Crippen LogP contribution in [0.3, 0.4) is 0 Å². The first-order valence-electron chi connectivity index (χ1n) is 4.43. The molecule has 0 bridgehead atoms. The summed E-state index contributed by atoms with van der Waals surface area (Å²) in [7, 11) is 0. The third-order valence-corrected chi connectivity index (χ3v) is 2.31. The molecule has 0 fully saturated rings. The summed E-state index contributed by atoms with van der Waals surface area (Å²) in [5, 5.41) is 3.57. The van der Waals surface area contributed by atoms with Crippen LogP contribution >= 0.6 is 0 Å². The second kappa shape index (κ2) is 4.96. The van der Waals surface area contributed by atoms with E-state index in [0.717, 1.165) is 0 Å². The largest absolute Gasteiger partial charge is 0.286 e. The van der Waals surface area contributed by atoms with Crippen molar-refractivity contribution in [2.24, 2.45) is 10.5 Å². The molecule has 0 saturated heterocycles. The van der Waals surface area contributed by atoms with Gasteiger partial charge in [-0.25, -0.2) is 0 Å². The van der Waals surface area contributed by atoms with Gasteiger partial charge in [0.1, 0.15) is 0 Å². The zero-order valence-corrected chi connectivity index (χ0v) is 8.65. The summed E-state index contributed by atoms with van der Waals surface area (Å²) in [5.74, 6) is 0. The van der Waals surface area contributed by atoms with E-state index in [-0.39, 0.29) is 5.41 Å². The second-order valence-electron chi connectivity index (χ2n) is 3.75. The Morgan fingerprint density at radius 3 is 2.58 bits per heavy atom. The fourth-order valence-corrected chi connectivity index (χ4v) is 1.16. The zero-order chi connectivity index (χ0) is 9.61. The summed E-state index contributed by atoms with van der Waals surface area (Å²) in [6.45, 7) is 12.2. The van der Waals surface area contributed by atoms with Gasteiger partial charge in [0.25, 0.3) is 0 Å². The standard InChI is InChI=1S/C10H20N2/c1-6-7-10(3,4)9(2)8-12-11-5/h8,12H,5-7H2,1-4H3/b9-8+. The first kappa shape index (κ1) is 11.2. The summed E-state index contributed by atoms with van der Waals surface area (Å²) < 4.78 is 0. The third-order valence-electron chi connectivity index (χ3n) is 2.31. The highest BCUT2D eigenvalue weighted by atomic mass is 15.3. The van der Waals surface area contributed by atoms with Crippen molar-refractivity contribution >= 4 is 6.72 Å². The van der Waals surface area contributed by atoms with Gasteiger partial charge in [-0.2, -0.15) is 5.10 Å². The molecule has 1 N–H and O–H groups in total. The molecule has 0 atom stereocenters. The quantitative estimate of drug-likeness (QED) is 0.495. The van der Waals surface area contributed by atoms with Gasteiger partial charge in [-0.15, -0.1) is 0 Å². The lowest BCUT2D eigenvalue weighted by molar-refractivity contribution is 0.400. The molecule has 0 radical (unpaired) electrons. The molecule has 0 aliphatic carbocycles. The van der Waals surface area contributed by atoms with Crippen LogP contribution in [0.4, 0.5) is 0 Å². The first-order chi connectivity index (χ1) is 5.54. The number of nitrogens with zero attached hydrogens (tertiary/aromatic N) is 1. The van der Waals surface area contributed by atoms with Crippen LogP contribution in [0.2, 0.25) is 0 Å². The molecule has 0 saturated carbocycles. The highest BCUT2D eigenvalue weighted by molar-refractivity contribution is 5.23. The average molecular weight is 168 g/mol. The van der Waals surface area contributed by atoms with Crippen LogP contribution < -0.4 is 5.43 Å². The molecule has 0 spiro atoms. The number of hydrazone groups is 1. The van der Waals surface area contributed by atoms with Gasteiger partial charge in [0.15, 0.2) is 0 Å². The fraction of sp³-hybridized carbons (Fsp3) is 0.700. The Morgan fingerprint density at radius 1 is 1.58 bits per heavy atom. The summed E-state index contributed by atoms with van der Waals surface area (Å²) in [6.07, 6.45) is 4.33. The van der Waals surface area contributed by atoms with Crippen LogP contribution in [-0.4, -0.2) is 6.72 Å². The SMILES string of the molecule is C=NN/C=C(\C)C(C)(C)CCC. The normalized spacial score (nSPS) is 12.8. The van der Waals surface area contributed by atoms with Crippen molar-refractivity contribution in [2.75, 3.05) is 0 Å². The molecule has 0 aliphatic heterocycles. The summed E-state index contributed by atoms with van der Waals surface area (Å²) >= 11 is 0. The topological polar surface area (TPSA) is 24.4 Å². The van der Waals surface area contributed by atoms with Crippen LogP contribution in [-0.2, 0) is 0 Å². The van der Waals surface area contributed by atoms with Crippen LogP contribution in [0.15, 0.2) is 16.9 Å². The van der Waals surface area contributed by atoms with E-state index < -0.39 is 0 Å². The molecule has 0 heterocycles. The minimum absolute atomic E-state index is 0.270. The number of hydrogen-bond acceptors (Lipinski definition) is 2. The van der Waals surface area contributed by atoms with Gasteiger partial charge in [-0.1, -0.05) is 32.8 Å². The van der Waals surface area contributed by atoms with Crippen molar-refractivity contribution in [3.05, 3.63) is 11.8 Å². The number of nitrogens with one attached hydrogen (secondary N) is 1. The molecule has 0 aromatic carbocycles. The molecule has 0 aromatic heterocycles. The van der Waals surface area contributed by atoms with Gasteiger partial charge in [0.2, 0.25) is 0 Å².